The van der Waals surface area contributed by atoms with Crippen LogP contribution in [0.25, 0.3) is 0 Å². The van der Waals surface area contributed by atoms with Crippen LogP contribution in [-0.2, 0) is 11.8 Å². The molecule has 2 heterocycles. The molecule has 1 aromatic rings. The summed E-state index contributed by atoms with van der Waals surface area (Å²) < 4.78 is 7.82. The monoisotopic (exact) mass is 294 g/mol. The molecule has 0 spiro atoms. The Morgan fingerprint density at radius 2 is 2.14 bits per heavy atom. The molecule has 0 aromatic carbocycles. The molecule has 118 valence electrons. The van der Waals surface area contributed by atoms with Crippen molar-refractivity contribution in [1.82, 2.24) is 9.47 Å². The highest BCUT2D eigenvalue weighted by molar-refractivity contribution is 5.99. The Labute approximate surface area is 126 Å². The van der Waals surface area contributed by atoms with Gasteiger partial charge in [0.15, 0.2) is 5.78 Å². The van der Waals surface area contributed by atoms with Crippen LogP contribution in [0.15, 0.2) is 6.07 Å². The molecule has 2 rings (SSSR count). The molecule has 0 radical (unpaired) electrons. The standard InChI is InChI=1S/C16H26N2O3/c1-11-6-14(12(2)17(11)5)15(20)8-18-7-13(9-19)21-16(3,4)10-18/h6,13,19H,7-10H2,1-5H3. The van der Waals surface area contributed by atoms with Crippen molar-refractivity contribution >= 4 is 5.78 Å². The Morgan fingerprint density at radius 3 is 2.67 bits per heavy atom. The van der Waals surface area contributed by atoms with E-state index >= 15 is 0 Å². The first-order valence-corrected chi connectivity index (χ1v) is 7.40. The van der Waals surface area contributed by atoms with Gasteiger partial charge in [-0.05, 0) is 33.8 Å². The second kappa shape index (κ2) is 5.91. The number of nitrogens with zero attached hydrogens (tertiary/aromatic N) is 2. The van der Waals surface area contributed by atoms with Crippen molar-refractivity contribution in [2.75, 3.05) is 26.2 Å². The minimum absolute atomic E-state index is 0.0163. The Kier molecular flexibility index (Phi) is 4.56. The minimum Gasteiger partial charge on any atom is -0.394 e. The van der Waals surface area contributed by atoms with E-state index in [0.29, 0.717) is 19.6 Å². The number of hydrogen-bond donors (Lipinski definition) is 1. The Hall–Kier alpha value is -1.17. The largest absolute Gasteiger partial charge is 0.394 e. The van der Waals surface area contributed by atoms with E-state index in [-0.39, 0.29) is 24.1 Å². The highest BCUT2D eigenvalue weighted by atomic mass is 16.5. The SMILES string of the molecule is Cc1cc(C(=O)CN2CC(CO)OC(C)(C)C2)c(C)n1C. The lowest BCUT2D eigenvalue weighted by atomic mass is 10.0. The minimum atomic E-state index is -0.340. The molecule has 1 unspecified atom stereocenters. The third-order valence-corrected chi connectivity index (χ3v) is 4.20. The number of ketones is 1. The fraction of sp³-hybridized carbons (Fsp3) is 0.688. The smallest absolute Gasteiger partial charge is 0.178 e. The molecule has 1 aromatic heterocycles. The quantitative estimate of drug-likeness (QED) is 0.850. The fourth-order valence-corrected chi connectivity index (χ4v) is 3.06. The van der Waals surface area contributed by atoms with Gasteiger partial charge in [-0.2, -0.15) is 0 Å². The maximum Gasteiger partial charge on any atom is 0.178 e. The number of aromatic nitrogens is 1. The van der Waals surface area contributed by atoms with E-state index in [1.54, 1.807) is 0 Å². The van der Waals surface area contributed by atoms with Gasteiger partial charge in [-0.1, -0.05) is 0 Å². The molecule has 0 amide bonds. The van der Waals surface area contributed by atoms with E-state index in [1.165, 1.54) is 0 Å². The topological polar surface area (TPSA) is 54.7 Å². The Morgan fingerprint density at radius 1 is 1.48 bits per heavy atom. The van der Waals surface area contributed by atoms with Gasteiger partial charge in [0.2, 0.25) is 0 Å². The van der Waals surface area contributed by atoms with Crippen molar-refractivity contribution in [3.63, 3.8) is 0 Å². The molecule has 0 saturated carbocycles. The van der Waals surface area contributed by atoms with Gasteiger partial charge in [-0.15, -0.1) is 0 Å². The molecule has 1 fully saturated rings. The number of carbonyl (C=O) groups excluding carboxylic acids is 1. The molecule has 21 heavy (non-hydrogen) atoms. The third kappa shape index (κ3) is 3.54. The first-order valence-electron chi connectivity index (χ1n) is 7.40. The van der Waals surface area contributed by atoms with Gasteiger partial charge < -0.3 is 14.4 Å². The first kappa shape index (κ1) is 16.2. The summed E-state index contributed by atoms with van der Waals surface area (Å²) in [5, 5.41) is 9.34. The van der Waals surface area contributed by atoms with Gasteiger partial charge in [0.1, 0.15) is 0 Å². The van der Waals surface area contributed by atoms with Gasteiger partial charge in [0.05, 0.1) is 24.9 Å². The number of aliphatic hydroxyl groups is 1. The summed E-state index contributed by atoms with van der Waals surface area (Å²) in [6.45, 7) is 9.60. The molecular formula is C16H26N2O3. The molecule has 0 aliphatic carbocycles. The van der Waals surface area contributed by atoms with E-state index in [0.717, 1.165) is 17.0 Å². The summed E-state index contributed by atoms with van der Waals surface area (Å²) >= 11 is 0. The van der Waals surface area contributed by atoms with Gasteiger partial charge in [0, 0.05) is 37.1 Å². The van der Waals surface area contributed by atoms with Crippen LogP contribution in [0.2, 0.25) is 0 Å². The van der Waals surface area contributed by atoms with Gasteiger partial charge in [-0.25, -0.2) is 0 Å². The molecule has 5 heteroatoms. The van der Waals surface area contributed by atoms with Crippen LogP contribution in [0, 0.1) is 13.8 Å². The van der Waals surface area contributed by atoms with Gasteiger partial charge in [-0.3, -0.25) is 9.69 Å². The first-order chi connectivity index (χ1) is 9.73. The molecule has 1 saturated heterocycles. The Balaban J connectivity index is 2.10. The second-order valence-corrected chi connectivity index (χ2v) is 6.62. The zero-order chi connectivity index (χ0) is 15.8. The second-order valence-electron chi connectivity index (χ2n) is 6.62. The molecule has 1 atom stereocenters. The van der Waals surface area contributed by atoms with E-state index < -0.39 is 0 Å². The van der Waals surface area contributed by atoms with E-state index in [1.807, 2.05) is 45.4 Å². The highest BCUT2D eigenvalue weighted by Gasteiger charge is 2.34. The number of morpholine rings is 1. The predicted octanol–water partition coefficient (Wildman–Crippen LogP) is 1.30. The average Bonchev–Trinajstić information content (AvgIpc) is 2.64. The van der Waals surface area contributed by atoms with Crippen LogP contribution in [0.5, 0.6) is 0 Å². The third-order valence-electron chi connectivity index (χ3n) is 4.20. The summed E-state index contributed by atoms with van der Waals surface area (Å²) in [4.78, 5) is 14.6. The fourth-order valence-electron chi connectivity index (χ4n) is 3.06. The van der Waals surface area contributed by atoms with Gasteiger partial charge in [0.25, 0.3) is 0 Å². The lowest BCUT2D eigenvalue weighted by Crippen LogP contribution is -2.54. The summed E-state index contributed by atoms with van der Waals surface area (Å²) in [6.07, 6.45) is -0.222. The number of Topliss-reactive ketones (excluding diaryl/α,β-unsaturated/α-hetero) is 1. The van der Waals surface area contributed by atoms with Gasteiger partial charge >= 0.3 is 0 Å². The highest BCUT2D eigenvalue weighted by Crippen LogP contribution is 2.22. The van der Waals surface area contributed by atoms with Crippen LogP contribution in [0.3, 0.4) is 0 Å². The molecule has 1 N–H and O–H groups in total. The lowest BCUT2D eigenvalue weighted by molar-refractivity contribution is -0.146. The molecule has 1 aliphatic heterocycles. The van der Waals surface area contributed by atoms with Crippen molar-refractivity contribution in [1.29, 1.82) is 0 Å². The van der Waals surface area contributed by atoms with Crippen molar-refractivity contribution < 1.29 is 14.6 Å². The summed E-state index contributed by atoms with van der Waals surface area (Å²) in [6, 6.07) is 1.95. The number of aryl methyl sites for hydroxylation is 1. The van der Waals surface area contributed by atoms with Crippen molar-refractivity contribution in [3.8, 4) is 0 Å². The molecular weight excluding hydrogens is 268 g/mol. The zero-order valence-electron chi connectivity index (χ0n) is 13.6. The number of hydrogen-bond acceptors (Lipinski definition) is 4. The predicted molar refractivity (Wildman–Crippen MR) is 81.7 cm³/mol. The number of carbonyl (C=O) groups is 1. The lowest BCUT2D eigenvalue weighted by Gasteiger charge is -2.42. The summed E-state index contributed by atoms with van der Waals surface area (Å²) in [5.41, 5.74) is 2.54. The van der Waals surface area contributed by atoms with Crippen molar-refractivity contribution in [2.24, 2.45) is 7.05 Å². The summed E-state index contributed by atoms with van der Waals surface area (Å²) in [5.74, 6) is 0.130. The van der Waals surface area contributed by atoms with Crippen molar-refractivity contribution in [3.05, 3.63) is 23.0 Å². The maximum atomic E-state index is 12.5. The van der Waals surface area contributed by atoms with Crippen LogP contribution in [0.1, 0.15) is 35.6 Å². The number of ether oxygens (including phenoxy) is 1. The number of aliphatic hydroxyl groups excluding tert-OH is 1. The van der Waals surface area contributed by atoms with E-state index in [4.69, 9.17) is 4.74 Å². The van der Waals surface area contributed by atoms with E-state index in [9.17, 15) is 9.90 Å². The molecule has 5 nitrogen and oxygen atoms in total. The maximum absolute atomic E-state index is 12.5. The summed E-state index contributed by atoms with van der Waals surface area (Å²) in [7, 11) is 1.97. The van der Waals surface area contributed by atoms with Crippen LogP contribution < -0.4 is 0 Å². The normalized spacial score (nSPS) is 22.5. The van der Waals surface area contributed by atoms with Crippen molar-refractivity contribution in [2.45, 2.75) is 39.4 Å². The van der Waals surface area contributed by atoms with Crippen LogP contribution >= 0.6 is 0 Å². The number of rotatable bonds is 4. The van der Waals surface area contributed by atoms with Crippen LogP contribution in [0.4, 0.5) is 0 Å². The van der Waals surface area contributed by atoms with Crippen LogP contribution in [-0.4, -0.2) is 58.3 Å². The van der Waals surface area contributed by atoms with E-state index in [2.05, 4.69) is 4.90 Å². The zero-order valence-corrected chi connectivity index (χ0v) is 13.6. The Bertz CT molecular complexity index is 534. The molecule has 0 bridgehead atoms. The molecule has 1 aliphatic rings. The average molecular weight is 294 g/mol.